The van der Waals surface area contributed by atoms with E-state index in [9.17, 15) is 13.6 Å². The van der Waals surface area contributed by atoms with Crippen LogP contribution in [0.15, 0.2) is 30.3 Å². The van der Waals surface area contributed by atoms with Crippen LogP contribution in [0.5, 0.6) is 0 Å². The van der Waals surface area contributed by atoms with Gasteiger partial charge in [-0.3, -0.25) is 0 Å². The Balaban J connectivity index is 0.000000184. The van der Waals surface area contributed by atoms with Crippen molar-refractivity contribution >= 4 is 5.97 Å². The molecule has 0 radical (unpaired) electrons. The summed E-state index contributed by atoms with van der Waals surface area (Å²) in [7, 11) is 1.37. The van der Waals surface area contributed by atoms with Crippen LogP contribution in [0.2, 0.25) is 0 Å². The molecule has 1 saturated carbocycles. The smallest absolute Gasteiger partial charge is 0.337 e. The first kappa shape index (κ1) is 14.6. The molecule has 18 heavy (non-hydrogen) atoms. The highest BCUT2D eigenvalue weighted by molar-refractivity contribution is 5.89. The number of carbonyl (C=O) groups excluding carboxylic acids is 1. The molecule has 0 atom stereocenters. The normalized spacial score (nSPS) is 17.3. The summed E-state index contributed by atoms with van der Waals surface area (Å²) in [5.41, 5.74) is 0.588. The second kappa shape index (κ2) is 7.09. The highest BCUT2D eigenvalue weighted by Gasteiger charge is 2.30. The van der Waals surface area contributed by atoms with Gasteiger partial charge in [0.2, 0.25) is 5.92 Å². The zero-order chi connectivity index (χ0) is 13.4. The van der Waals surface area contributed by atoms with E-state index in [1.54, 1.807) is 24.3 Å². The molecule has 2 nitrogen and oxygen atoms in total. The first-order chi connectivity index (χ1) is 8.55. The summed E-state index contributed by atoms with van der Waals surface area (Å²) < 4.78 is 28.9. The van der Waals surface area contributed by atoms with Gasteiger partial charge in [0.05, 0.1) is 12.7 Å². The maximum atomic E-state index is 12.2. The van der Waals surface area contributed by atoms with Gasteiger partial charge in [-0.1, -0.05) is 24.6 Å². The summed E-state index contributed by atoms with van der Waals surface area (Å²) in [4.78, 5) is 10.8. The molecular weight excluding hydrogens is 238 g/mol. The molecule has 100 valence electrons. The fourth-order valence-corrected chi connectivity index (χ4v) is 1.76. The van der Waals surface area contributed by atoms with E-state index in [1.165, 1.54) is 7.11 Å². The molecular formula is C14H18F2O2. The van der Waals surface area contributed by atoms with Crippen LogP contribution in [0.4, 0.5) is 8.78 Å². The number of hydrogen-bond donors (Lipinski definition) is 0. The van der Waals surface area contributed by atoms with Gasteiger partial charge in [-0.05, 0) is 25.0 Å². The van der Waals surface area contributed by atoms with Crippen molar-refractivity contribution in [1.82, 2.24) is 0 Å². The number of ether oxygens (including phenoxy) is 1. The van der Waals surface area contributed by atoms with Crippen LogP contribution < -0.4 is 0 Å². The summed E-state index contributed by atoms with van der Waals surface area (Å²) in [5, 5.41) is 0. The zero-order valence-electron chi connectivity index (χ0n) is 10.5. The van der Waals surface area contributed by atoms with Crippen molar-refractivity contribution in [3.63, 3.8) is 0 Å². The molecule has 0 aromatic heterocycles. The number of rotatable bonds is 1. The van der Waals surface area contributed by atoms with E-state index in [1.807, 2.05) is 6.07 Å². The highest BCUT2D eigenvalue weighted by Crippen LogP contribution is 2.32. The van der Waals surface area contributed by atoms with Crippen molar-refractivity contribution in [2.75, 3.05) is 7.11 Å². The van der Waals surface area contributed by atoms with Crippen molar-refractivity contribution in [3.05, 3.63) is 35.9 Å². The average Bonchev–Trinajstić information content (AvgIpc) is 2.39. The number of methoxy groups -OCH3 is 1. The predicted octanol–water partition coefficient (Wildman–Crippen LogP) is 4.06. The SMILES string of the molecule is COC(=O)c1ccccc1.FC1(F)CCCCC1. The average molecular weight is 256 g/mol. The third-order valence-electron chi connectivity index (χ3n) is 2.78. The van der Waals surface area contributed by atoms with E-state index >= 15 is 0 Å². The molecule has 1 fully saturated rings. The molecule has 4 heteroatoms. The second-order valence-electron chi connectivity index (χ2n) is 4.27. The lowest BCUT2D eigenvalue weighted by molar-refractivity contribution is -0.0337. The first-order valence-electron chi connectivity index (χ1n) is 6.06. The van der Waals surface area contributed by atoms with E-state index in [0.29, 0.717) is 18.4 Å². The van der Waals surface area contributed by atoms with Crippen molar-refractivity contribution in [2.45, 2.75) is 38.0 Å². The largest absolute Gasteiger partial charge is 0.465 e. The Bertz CT molecular complexity index is 355. The minimum Gasteiger partial charge on any atom is -0.465 e. The molecule has 1 aliphatic carbocycles. The maximum Gasteiger partial charge on any atom is 0.337 e. The van der Waals surface area contributed by atoms with E-state index in [4.69, 9.17) is 0 Å². The predicted molar refractivity (Wildman–Crippen MR) is 65.8 cm³/mol. The first-order valence-corrected chi connectivity index (χ1v) is 6.06. The fraction of sp³-hybridized carbons (Fsp3) is 0.500. The standard InChI is InChI=1S/C8H8O2.C6H10F2/c1-10-8(9)7-5-3-2-4-6-7;7-6(8)4-2-1-3-5-6/h2-6H,1H3;1-5H2. The molecule has 0 unspecified atom stereocenters. The molecule has 0 heterocycles. The topological polar surface area (TPSA) is 26.3 Å². The van der Waals surface area contributed by atoms with Gasteiger partial charge in [-0.2, -0.15) is 0 Å². The van der Waals surface area contributed by atoms with Gasteiger partial charge in [0.15, 0.2) is 0 Å². The number of carbonyl (C=O) groups is 1. The zero-order valence-corrected chi connectivity index (χ0v) is 10.5. The van der Waals surface area contributed by atoms with Gasteiger partial charge >= 0.3 is 5.97 Å². The number of benzene rings is 1. The molecule has 1 aliphatic rings. The van der Waals surface area contributed by atoms with E-state index in [0.717, 1.165) is 6.42 Å². The molecule has 0 aliphatic heterocycles. The third-order valence-corrected chi connectivity index (χ3v) is 2.78. The Morgan fingerprint density at radius 1 is 1.11 bits per heavy atom. The van der Waals surface area contributed by atoms with E-state index in [2.05, 4.69) is 4.74 Å². The Morgan fingerprint density at radius 3 is 2.06 bits per heavy atom. The molecule has 0 N–H and O–H groups in total. The van der Waals surface area contributed by atoms with Crippen molar-refractivity contribution in [1.29, 1.82) is 0 Å². The van der Waals surface area contributed by atoms with E-state index < -0.39 is 5.92 Å². The van der Waals surface area contributed by atoms with Gasteiger partial charge in [-0.15, -0.1) is 0 Å². The van der Waals surface area contributed by atoms with Crippen LogP contribution in [0.25, 0.3) is 0 Å². The molecule has 2 rings (SSSR count). The quantitative estimate of drug-likeness (QED) is 0.708. The summed E-state index contributed by atoms with van der Waals surface area (Å²) in [5.74, 6) is -2.61. The minimum absolute atomic E-state index is 0.118. The fourth-order valence-electron chi connectivity index (χ4n) is 1.76. The molecule has 1 aromatic rings. The third kappa shape index (κ3) is 5.25. The van der Waals surface area contributed by atoms with Gasteiger partial charge in [-0.25, -0.2) is 13.6 Å². The lowest BCUT2D eigenvalue weighted by atomic mass is 9.97. The minimum atomic E-state index is -2.32. The van der Waals surface area contributed by atoms with Gasteiger partial charge in [0.1, 0.15) is 0 Å². The molecule has 0 saturated heterocycles. The highest BCUT2D eigenvalue weighted by atomic mass is 19.3. The molecule has 0 amide bonds. The van der Waals surface area contributed by atoms with Crippen molar-refractivity contribution < 1.29 is 18.3 Å². The second-order valence-corrected chi connectivity index (χ2v) is 4.27. The summed E-state index contributed by atoms with van der Waals surface area (Å²) in [6.07, 6.45) is 2.66. The Kier molecular flexibility index (Phi) is 5.75. The van der Waals surface area contributed by atoms with Crippen LogP contribution in [0.3, 0.4) is 0 Å². The van der Waals surface area contributed by atoms with Gasteiger partial charge < -0.3 is 4.74 Å². The monoisotopic (exact) mass is 256 g/mol. The molecule has 1 aromatic carbocycles. The number of halogens is 2. The number of esters is 1. The van der Waals surface area contributed by atoms with Crippen LogP contribution in [-0.2, 0) is 4.74 Å². The molecule has 0 spiro atoms. The van der Waals surface area contributed by atoms with Crippen LogP contribution in [0, 0.1) is 0 Å². The Hall–Kier alpha value is -1.45. The Labute approximate surface area is 106 Å². The lowest BCUT2D eigenvalue weighted by Gasteiger charge is -2.20. The van der Waals surface area contributed by atoms with Crippen LogP contribution in [0.1, 0.15) is 42.5 Å². The summed E-state index contributed by atoms with van der Waals surface area (Å²) >= 11 is 0. The Morgan fingerprint density at radius 2 is 1.67 bits per heavy atom. The summed E-state index contributed by atoms with van der Waals surface area (Å²) in [6.45, 7) is 0. The van der Waals surface area contributed by atoms with Gasteiger partial charge in [0.25, 0.3) is 0 Å². The van der Waals surface area contributed by atoms with E-state index in [-0.39, 0.29) is 18.8 Å². The number of alkyl halides is 2. The van der Waals surface area contributed by atoms with Crippen LogP contribution in [-0.4, -0.2) is 19.0 Å². The lowest BCUT2D eigenvalue weighted by Crippen LogP contribution is -2.18. The van der Waals surface area contributed by atoms with Crippen molar-refractivity contribution in [2.24, 2.45) is 0 Å². The maximum absolute atomic E-state index is 12.2. The number of hydrogen-bond acceptors (Lipinski definition) is 2. The summed E-state index contributed by atoms with van der Waals surface area (Å²) in [6, 6.07) is 8.88. The van der Waals surface area contributed by atoms with Gasteiger partial charge in [0, 0.05) is 12.8 Å². The van der Waals surface area contributed by atoms with Crippen molar-refractivity contribution in [3.8, 4) is 0 Å². The van der Waals surface area contributed by atoms with Crippen LogP contribution >= 0.6 is 0 Å². The molecule has 0 bridgehead atoms.